The van der Waals surface area contributed by atoms with Gasteiger partial charge in [-0.25, -0.2) is 0 Å². The van der Waals surface area contributed by atoms with Gasteiger partial charge >= 0.3 is 0 Å². The van der Waals surface area contributed by atoms with Crippen molar-refractivity contribution in [2.75, 3.05) is 6.26 Å². The maximum atomic E-state index is 2.38. The minimum Gasteiger partial charge on any atom is -0.139 e. The standard InChI is InChI=1S/C11H11IS2/c1-3-9-11(13-2)8-6-7(12)4-5-10(8)14-9/h4-6H,3H2,1-2H3. The molecule has 1 aromatic heterocycles. The smallest absolute Gasteiger partial charge is 0.0358 e. The summed E-state index contributed by atoms with van der Waals surface area (Å²) in [6, 6.07) is 6.71. The van der Waals surface area contributed by atoms with E-state index in [2.05, 4.69) is 54.0 Å². The Morgan fingerprint density at radius 2 is 2.21 bits per heavy atom. The number of thiophene rings is 1. The van der Waals surface area contributed by atoms with Crippen molar-refractivity contribution in [3.63, 3.8) is 0 Å². The molecule has 0 aliphatic carbocycles. The average Bonchev–Trinajstić information content (AvgIpc) is 2.54. The van der Waals surface area contributed by atoms with Crippen molar-refractivity contribution in [2.24, 2.45) is 0 Å². The van der Waals surface area contributed by atoms with E-state index in [1.54, 1.807) is 0 Å². The molecule has 1 heterocycles. The third-order valence-electron chi connectivity index (χ3n) is 2.20. The van der Waals surface area contributed by atoms with E-state index >= 15 is 0 Å². The van der Waals surface area contributed by atoms with Crippen molar-refractivity contribution < 1.29 is 0 Å². The fourth-order valence-electron chi connectivity index (χ4n) is 1.55. The summed E-state index contributed by atoms with van der Waals surface area (Å²) in [6.07, 6.45) is 3.31. The zero-order chi connectivity index (χ0) is 10.1. The van der Waals surface area contributed by atoms with E-state index in [-0.39, 0.29) is 0 Å². The number of hydrogen-bond acceptors (Lipinski definition) is 2. The van der Waals surface area contributed by atoms with Gasteiger partial charge in [0.15, 0.2) is 0 Å². The van der Waals surface area contributed by atoms with Crippen molar-refractivity contribution in [1.82, 2.24) is 0 Å². The predicted molar refractivity (Wildman–Crippen MR) is 75.7 cm³/mol. The first-order valence-electron chi connectivity index (χ1n) is 4.51. The molecule has 0 saturated heterocycles. The highest BCUT2D eigenvalue weighted by Gasteiger charge is 2.09. The van der Waals surface area contributed by atoms with Crippen molar-refractivity contribution in [1.29, 1.82) is 0 Å². The molecule has 0 fully saturated rings. The van der Waals surface area contributed by atoms with Crippen LogP contribution < -0.4 is 0 Å². The number of fused-ring (bicyclic) bond motifs is 1. The lowest BCUT2D eigenvalue weighted by atomic mass is 10.2. The molecule has 0 amide bonds. The van der Waals surface area contributed by atoms with Gasteiger partial charge in [-0.2, -0.15) is 0 Å². The van der Waals surface area contributed by atoms with Crippen LogP contribution in [0.4, 0.5) is 0 Å². The molecule has 0 atom stereocenters. The Balaban J connectivity index is 2.74. The molecule has 0 saturated carbocycles. The molecule has 0 aliphatic rings. The minimum absolute atomic E-state index is 1.14. The monoisotopic (exact) mass is 334 g/mol. The number of halogens is 1. The molecular weight excluding hydrogens is 323 g/mol. The summed E-state index contributed by atoms with van der Waals surface area (Å²) in [4.78, 5) is 3.00. The lowest BCUT2D eigenvalue weighted by Gasteiger charge is -1.97. The van der Waals surface area contributed by atoms with Crippen LogP contribution in [0.3, 0.4) is 0 Å². The van der Waals surface area contributed by atoms with Crippen molar-refractivity contribution >= 4 is 55.8 Å². The van der Waals surface area contributed by atoms with Gasteiger partial charge < -0.3 is 0 Å². The van der Waals surface area contributed by atoms with Crippen LogP contribution in [0.25, 0.3) is 10.1 Å². The molecule has 74 valence electrons. The van der Waals surface area contributed by atoms with Gasteiger partial charge in [-0.15, -0.1) is 23.1 Å². The largest absolute Gasteiger partial charge is 0.139 e. The van der Waals surface area contributed by atoms with Crippen molar-refractivity contribution in [2.45, 2.75) is 18.2 Å². The van der Waals surface area contributed by atoms with Gasteiger partial charge in [-0.1, -0.05) is 6.92 Å². The van der Waals surface area contributed by atoms with Gasteiger partial charge in [-0.3, -0.25) is 0 Å². The fourth-order valence-corrected chi connectivity index (χ4v) is 4.27. The van der Waals surface area contributed by atoms with E-state index in [4.69, 9.17) is 0 Å². The van der Waals surface area contributed by atoms with Crippen LogP contribution in [0, 0.1) is 3.57 Å². The van der Waals surface area contributed by atoms with Crippen LogP contribution in [-0.4, -0.2) is 6.26 Å². The Hall–Kier alpha value is 0.260. The van der Waals surface area contributed by atoms with E-state index in [1.807, 2.05) is 23.1 Å². The molecule has 0 radical (unpaired) electrons. The van der Waals surface area contributed by atoms with Crippen LogP contribution in [0.2, 0.25) is 0 Å². The molecule has 14 heavy (non-hydrogen) atoms. The second-order valence-electron chi connectivity index (χ2n) is 3.05. The summed E-state index contributed by atoms with van der Waals surface area (Å²) in [5, 5.41) is 1.44. The fraction of sp³-hybridized carbons (Fsp3) is 0.273. The molecule has 0 aliphatic heterocycles. The third kappa shape index (κ3) is 1.82. The van der Waals surface area contributed by atoms with Crippen LogP contribution in [-0.2, 0) is 6.42 Å². The van der Waals surface area contributed by atoms with Gasteiger partial charge in [-0.05, 0) is 53.5 Å². The average molecular weight is 334 g/mol. The van der Waals surface area contributed by atoms with Crippen LogP contribution >= 0.6 is 45.7 Å². The first kappa shape index (κ1) is 10.8. The lowest BCUT2D eigenvalue weighted by molar-refractivity contribution is 1.15. The van der Waals surface area contributed by atoms with Crippen LogP contribution in [0.5, 0.6) is 0 Å². The van der Waals surface area contributed by atoms with Gasteiger partial charge in [0.2, 0.25) is 0 Å². The van der Waals surface area contributed by atoms with E-state index in [0.717, 1.165) is 6.42 Å². The summed E-state index contributed by atoms with van der Waals surface area (Å²) in [7, 11) is 0. The third-order valence-corrected chi connectivity index (χ3v) is 5.19. The summed E-state index contributed by atoms with van der Waals surface area (Å²) in [6.45, 7) is 2.23. The Morgan fingerprint density at radius 1 is 1.43 bits per heavy atom. The highest BCUT2D eigenvalue weighted by Crippen LogP contribution is 2.38. The molecule has 0 nitrogen and oxygen atoms in total. The lowest BCUT2D eigenvalue weighted by Crippen LogP contribution is -1.76. The van der Waals surface area contributed by atoms with Crippen LogP contribution in [0.1, 0.15) is 11.8 Å². The quantitative estimate of drug-likeness (QED) is 0.562. The number of aryl methyl sites for hydroxylation is 1. The molecule has 1 aromatic carbocycles. The summed E-state index contributed by atoms with van der Waals surface area (Å²) >= 11 is 6.18. The molecule has 0 spiro atoms. The number of rotatable bonds is 2. The number of thioether (sulfide) groups is 1. The second-order valence-corrected chi connectivity index (χ2v) is 6.25. The molecule has 2 aromatic rings. The Bertz CT molecular complexity index is 460. The minimum atomic E-state index is 1.14. The Morgan fingerprint density at radius 3 is 2.86 bits per heavy atom. The summed E-state index contributed by atoms with van der Waals surface area (Å²) in [5.74, 6) is 0. The topological polar surface area (TPSA) is 0 Å². The second kappa shape index (κ2) is 4.41. The Kier molecular flexibility index (Phi) is 3.39. The summed E-state index contributed by atoms with van der Waals surface area (Å²) < 4.78 is 2.75. The molecular formula is C11H11IS2. The van der Waals surface area contributed by atoms with E-state index in [9.17, 15) is 0 Å². The van der Waals surface area contributed by atoms with E-state index in [0.29, 0.717) is 0 Å². The van der Waals surface area contributed by atoms with Crippen molar-refractivity contribution in [3.8, 4) is 0 Å². The van der Waals surface area contributed by atoms with E-state index < -0.39 is 0 Å². The van der Waals surface area contributed by atoms with Gasteiger partial charge in [0.05, 0.1) is 0 Å². The zero-order valence-corrected chi connectivity index (χ0v) is 11.9. The normalized spacial score (nSPS) is 11.1. The van der Waals surface area contributed by atoms with Crippen LogP contribution in [0.15, 0.2) is 23.1 Å². The SMILES string of the molecule is CCc1sc2ccc(I)cc2c1SC. The molecule has 3 heteroatoms. The van der Waals surface area contributed by atoms with Gasteiger partial charge in [0.25, 0.3) is 0 Å². The first-order valence-corrected chi connectivity index (χ1v) is 7.63. The zero-order valence-electron chi connectivity index (χ0n) is 8.13. The highest BCUT2D eigenvalue weighted by atomic mass is 127. The number of benzene rings is 1. The van der Waals surface area contributed by atoms with Gasteiger partial charge in [0, 0.05) is 23.4 Å². The van der Waals surface area contributed by atoms with Gasteiger partial charge in [0.1, 0.15) is 0 Å². The predicted octanol–water partition coefficient (Wildman–Crippen LogP) is 4.79. The molecule has 2 rings (SSSR count). The first-order chi connectivity index (χ1) is 6.76. The summed E-state index contributed by atoms with van der Waals surface area (Å²) in [5.41, 5.74) is 0. The van der Waals surface area contributed by atoms with E-state index in [1.165, 1.54) is 23.4 Å². The highest BCUT2D eigenvalue weighted by molar-refractivity contribution is 14.1. The Labute approximate surface area is 106 Å². The maximum absolute atomic E-state index is 2.38. The molecule has 0 N–H and O–H groups in total. The van der Waals surface area contributed by atoms with Crippen molar-refractivity contribution in [3.05, 3.63) is 26.6 Å². The number of hydrogen-bond donors (Lipinski definition) is 0. The molecule has 0 bridgehead atoms. The maximum Gasteiger partial charge on any atom is 0.0358 e. The molecule has 0 unspecified atom stereocenters.